The van der Waals surface area contributed by atoms with Crippen molar-refractivity contribution in [3.8, 4) is 0 Å². The molecule has 0 spiro atoms. The van der Waals surface area contributed by atoms with Crippen molar-refractivity contribution in [1.82, 2.24) is 0 Å². The fourth-order valence-electron chi connectivity index (χ4n) is 2.10. The van der Waals surface area contributed by atoms with Crippen molar-refractivity contribution < 1.29 is 4.39 Å². The molecule has 0 aliphatic heterocycles. The largest absolute Gasteiger partial charge is 0.318 e. The van der Waals surface area contributed by atoms with Crippen LogP contribution in [0.4, 0.5) is 4.39 Å². The molecule has 2 aromatic rings. The minimum absolute atomic E-state index is 0.292. The van der Waals surface area contributed by atoms with Crippen LogP contribution in [0, 0.1) is 12.7 Å². The average Bonchev–Trinajstić information content (AvgIpc) is 2.26. The zero-order valence-electron chi connectivity index (χ0n) is 10.7. The van der Waals surface area contributed by atoms with Crippen LogP contribution in [0.3, 0.4) is 0 Å². The van der Waals surface area contributed by atoms with Crippen LogP contribution in [0.25, 0.3) is 0 Å². The van der Waals surface area contributed by atoms with E-state index in [1.165, 1.54) is 12.1 Å². The van der Waals surface area contributed by atoms with Crippen LogP contribution in [0.5, 0.6) is 0 Å². The Kier molecular flexibility index (Phi) is 4.00. The lowest BCUT2D eigenvalue weighted by Crippen LogP contribution is -2.34. The molecule has 0 heterocycles. The second kappa shape index (κ2) is 5.23. The summed E-state index contributed by atoms with van der Waals surface area (Å²) in [6, 6.07) is 10.3. The number of nitrogens with two attached hydrogens (primary N) is 1. The highest BCUT2D eigenvalue weighted by Gasteiger charge is 2.27. The van der Waals surface area contributed by atoms with E-state index >= 15 is 0 Å². The van der Waals surface area contributed by atoms with Crippen LogP contribution in [0.1, 0.15) is 23.6 Å². The molecule has 1 nitrogen and oxygen atoms in total. The summed E-state index contributed by atoms with van der Waals surface area (Å²) >= 11 is 9.60. The first-order chi connectivity index (χ1) is 8.80. The third-order valence-electron chi connectivity index (χ3n) is 3.13. The quantitative estimate of drug-likeness (QED) is 0.835. The van der Waals surface area contributed by atoms with Gasteiger partial charge in [-0.3, -0.25) is 0 Å². The number of halogens is 3. The number of rotatable bonds is 2. The van der Waals surface area contributed by atoms with E-state index in [0.717, 1.165) is 15.6 Å². The molecule has 0 saturated heterocycles. The highest BCUT2D eigenvalue weighted by molar-refractivity contribution is 9.10. The molecule has 100 valence electrons. The molecule has 0 saturated carbocycles. The zero-order chi connectivity index (χ0) is 14.2. The van der Waals surface area contributed by atoms with E-state index in [4.69, 9.17) is 17.3 Å². The van der Waals surface area contributed by atoms with E-state index in [9.17, 15) is 4.39 Å². The molecule has 0 radical (unpaired) electrons. The van der Waals surface area contributed by atoms with Gasteiger partial charge in [-0.1, -0.05) is 39.7 Å². The van der Waals surface area contributed by atoms with E-state index in [1.54, 1.807) is 6.07 Å². The van der Waals surface area contributed by atoms with E-state index in [2.05, 4.69) is 15.9 Å². The van der Waals surface area contributed by atoms with Crippen LogP contribution in [-0.4, -0.2) is 0 Å². The van der Waals surface area contributed by atoms with Gasteiger partial charge in [-0.2, -0.15) is 0 Å². The van der Waals surface area contributed by atoms with Crippen molar-refractivity contribution in [1.29, 1.82) is 0 Å². The van der Waals surface area contributed by atoms with Gasteiger partial charge in [0.2, 0.25) is 0 Å². The summed E-state index contributed by atoms with van der Waals surface area (Å²) in [6.45, 7) is 3.67. The third kappa shape index (κ3) is 2.99. The predicted molar refractivity (Wildman–Crippen MR) is 80.9 cm³/mol. The maximum Gasteiger partial charge on any atom is 0.123 e. The first-order valence-electron chi connectivity index (χ1n) is 5.83. The van der Waals surface area contributed by atoms with Gasteiger partial charge in [-0.15, -0.1) is 0 Å². The van der Waals surface area contributed by atoms with Crippen molar-refractivity contribution in [2.24, 2.45) is 5.73 Å². The molecule has 0 amide bonds. The number of aryl methyl sites for hydroxylation is 1. The Morgan fingerprint density at radius 3 is 2.47 bits per heavy atom. The molecule has 19 heavy (non-hydrogen) atoms. The van der Waals surface area contributed by atoms with Gasteiger partial charge in [-0.25, -0.2) is 4.39 Å². The van der Waals surface area contributed by atoms with E-state index in [0.29, 0.717) is 10.6 Å². The van der Waals surface area contributed by atoms with Crippen molar-refractivity contribution in [3.05, 3.63) is 68.4 Å². The third-order valence-corrected chi connectivity index (χ3v) is 3.94. The standard InChI is InChI=1S/C15H14BrClFN/c1-9-5-10(7-12(18)6-9)15(2,19)13-4-3-11(16)8-14(13)17/h3-8H,19H2,1-2H3. The van der Waals surface area contributed by atoms with Gasteiger partial charge in [0, 0.05) is 9.50 Å². The predicted octanol–water partition coefficient (Wildman–Crippen LogP) is 4.77. The first-order valence-corrected chi connectivity index (χ1v) is 7.00. The SMILES string of the molecule is Cc1cc(F)cc(C(C)(N)c2ccc(Br)cc2Cl)c1. The normalized spacial score (nSPS) is 14.2. The topological polar surface area (TPSA) is 26.0 Å². The molecular formula is C15H14BrClFN. The van der Waals surface area contributed by atoms with Crippen LogP contribution >= 0.6 is 27.5 Å². The Morgan fingerprint density at radius 1 is 1.21 bits per heavy atom. The van der Waals surface area contributed by atoms with Crippen molar-refractivity contribution in [2.45, 2.75) is 19.4 Å². The summed E-state index contributed by atoms with van der Waals surface area (Å²) in [5.74, 6) is -0.292. The second-order valence-electron chi connectivity index (χ2n) is 4.84. The lowest BCUT2D eigenvalue weighted by atomic mass is 9.85. The average molecular weight is 343 g/mol. The fraction of sp³-hybridized carbons (Fsp3) is 0.200. The van der Waals surface area contributed by atoms with Crippen molar-refractivity contribution >= 4 is 27.5 Å². The van der Waals surface area contributed by atoms with E-state index in [-0.39, 0.29) is 5.82 Å². The highest BCUT2D eigenvalue weighted by atomic mass is 79.9. The lowest BCUT2D eigenvalue weighted by molar-refractivity contribution is 0.580. The summed E-state index contributed by atoms with van der Waals surface area (Å²) in [5, 5.41) is 0.557. The van der Waals surface area contributed by atoms with Gasteiger partial charge in [0.15, 0.2) is 0 Å². The molecular weight excluding hydrogens is 329 g/mol. The van der Waals surface area contributed by atoms with Crippen LogP contribution in [0.15, 0.2) is 40.9 Å². The Balaban J connectivity index is 2.57. The molecule has 2 rings (SSSR count). The molecule has 2 N–H and O–H groups in total. The zero-order valence-corrected chi connectivity index (χ0v) is 13.0. The maximum atomic E-state index is 13.5. The molecule has 0 aliphatic carbocycles. The molecule has 0 bridgehead atoms. The minimum Gasteiger partial charge on any atom is -0.318 e. The highest BCUT2D eigenvalue weighted by Crippen LogP contribution is 2.34. The number of benzene rings is 2. The Labute approximate surface area is 125 Å². The van der Waals surface area contributed by atoms with Gasteiger partial charge in [0.25, 0.3) is 0 Å². The molecule has 2 aromatic carbocycles. The summed E-state index contributed by atoms with van der Waals surface area (Å²) in [7, 11) is 0. The molecule has 0 aliphatic rings. The summed E-state index contributed by atoms with van der Waals surface area (Å²) < 4.78 is 14.4. The van der Waals surface area contributed by atoms with Gasteiger partial charge in [0.1, 0.15) is 5.82 Å². The smallest absolute Gasteiger partial charge is 0.123 e. The van der Waals surface area contributed by atoms with Gasteiger partial charge < -0.3 is 5.73 Å². The van der Waals surface area contributed by atoms with Crippen LogP contribution in [0.2, 0.25) is 5.02 Å². The van der Waals surface area contributed by atoms with Gasteiger partial charge >= 0.3 is 0 Å². The summed E-state index contributed by atoms with van der Waals surface area (Å²) in [5.41, 5.74) is 7.84. The molecule has 1 atom stereocenters. The van der Waals surface area contributed by atoms with Crippen LogP contribution < -0.4 is 5.73 Å². The minimum atomic E-state index is -0.843. The summed E-state index contributed by atoms with van der Waals surface area (Å²) in [6.07, 6.45) is 0. The first kappa shape index (κ1) is 14.5. The Hall–Kier alpha value is -0.900. The second-order valence-corrected chi connectivity index (χ2v) is 6.17. The van der Waals surface area contributed by atoms with Crippen molar-refractivity contribution in [3.63, 3.8) is 0 Å². The number of hydrogen-bond donors (Lipinski definition) is 1. The summed E-state index contributed by atoms with van der Waals surface area (Å²) in [4.78, 5) is 0. The molecule has 0 fully saturated rings. The Bertz CT molecular complexity index is 605. The van der Waals surface area contributed by atoms with Gasteiger partial charge in [-0.05, 0) is 54.8 Å². The Morgan fingerprint density at radius 2 is 1.89 bits per heavy atom. The number of hydrogen-bond acceptors (Lipinski definition) is 1. The van der Waals surface area contributed by atoms with Gasteiger partial charge in [0.05, 0.1) is 5.54 Å². The lowest BCUT2D eigenvalue weighted by Gasteiger charge is -2.27. The van der Waals surface area contributed by atoms with Crippen LogP contribution in [-0.2, 0) is 5.54 Å². The molecule has 1 unspecified atom stereocenters. The molecule has 4 heteroatoms. The fourth-order valence-corrected chi connectivity index (χ4v) is 2.97. The van der Waals surface area contributed by atoms with E-state index in [1.807, 2.05) is 32.0 Å². The monoisotopic (exact) mass is 341 g/mol. The van der Waals surface area contributed by atoms with Crippen molar-refractivity contribution in [2.75, 3.05) is 0 Å². The maximum absolute atomic E-state index is 13.5. The van der Waals surface area contributed by atoms with E-state index < -0.39 is 5.54 Å². The molecule has 0 aromatic heterocycles.